The zero-order valence-electron chi connectivity index (χ0n) is 15.2. The van der Waals surface area contributed by atoms with Crippen LogP contribution in [0.1, 0.15) is 6.42 Å². The molecule has 2 nitrogen and oxygen atoms in total. The zero-order valence-corrected chi connectivity index (χ0v) is 18.3. The summed E-state index contributed by atoms with van der Waals surface area (Å²) in [5.74, 6) is -0.270. The van der Waals surface area contributed by atoms with Crippen molar-refractivity contribution < 1.29 is 9.53 Å². The Hall–Kier alpha value is -1.97. The second kappa shape index (κ2) is 7.95. The van der Waals surface area contributed by atoms with Gasteiger partial charge >= 0.3 is 174 Å². The van der Waals surface area contributed by atoms with Crippen LogP contribution in [0.15, 0.2) is 103 Å². The Labute approximate surface area is 173 Å². The first kappa shape index (κ1) is 19.8. The van der Waals surface area contributed by atoms with E-state index in [0.717, 1.165) is 5.31 Å². The molecule has 0 saturated heterocycles. The molecule has 0 heterocycles. The van der Waals surface area contributed by atoms with E-state index >= 15 is 0 Å². The van der Waals surface area contributed by atoms with E-state index in [0.29, 0.717) is 0 Å². The van der Waals surface area contributed by atoms with E-state index in [-0.39, 0.29) is 12.4 Å². The summed E-state index contributed by atoms with van der Waals surface area (Å²) in [4.78, 5) is 12.2. The number of methoxy groups -OCH3 is 1. The number of carbonyl (C=O) groups is 1. The van der Waals surface area contributed by atoms with Crippen LogP contribution in [-0.2, 0) is 9.53 Å². The number of ether oxygens (including phenoxy) is 1. The van der Waals surface area contributed by atoms with Crippen LogP contribution in [0, 0.1) is 0 Å². The first-order valence-electron chi connectivity index (χ1n) is 8.67. The second-order valence-electron chi connectivity index (χ2n) is 6.33. The van der Waals surface area contributed by atoms with Crippen molar-refractivity contribution in [2.24, 2.45) is 0 Å². The van der Waals surface area contributed by atoms with E-state index in [1.165, 1.54) is 23.0 Å². The minimum absolute atomic E-state index is 0.177. The van der Waals surface area contributed by atoms with Crippen molar-refractivity contribution in [2.75, 3.05) is 7.11 Å². The Kier molecular flexibility index (Phi) is 5.83. The molecular weight excluding hydrogens is 466 g/mol. The Balaban J connectivity index is 2.43. The van der Waals surface area contributed by atoms with E-state index in [1.807, 2.05) is 54.6 Å². The Bertz CT molecular complexity index is 840. The molecule has 0 amide bonds. The van der Waals surface area contributed by atoms with Gasteiger partial charge in [0.05, 0.1) is 0 Å². The van der Waals surface area contributed by atoms with Crippen LogP contribution in [0.25, 0.3) is 0 Å². The van der Waals surface area contributed by atoms with Gasteiger partial charge in [-0.05, 0) is 0 Å². The molecule has 0 aliphatic carbocycles. The second-order valence-corrected chi connectivity index (χ2v) is 16.3. The summed E-state index contributed by atoms with van der Waals surface area (Å²) >= 11 is 2.60. The number of hydrogen-bond acceptors (Lipinski definition) is 2. The fraction of sp³-hybridized carbons (Fsp3) is 0.0870. The molecule has 3 aromatic rings. The third-order valence-electron chi connectivity index (χ3n) is 4.89. The van der Waals surface area contributed by atoms with E-state index in [4.69, 9.17) is 4.74 Å². The molecule has 138 valence electrons. The number of esters is 1. The molecule has 0 N–H and O–H groups in total. The van der Waals surface area contributed by atoms with Crippen molar-refractivity contribution in [2.45, 2.75) is 6.42 Å². The van der Waals surface area contributed by atoms with Crippen molar-refractivity contribution in [1.82, 2.24) is 0 Å². The fourth-order valence-corrected chi connectivity index (χ4v) is 11.5. The summed E-state index contributed by atoms with van der Waals surface area (Å²) in [5.41, 5.74) is 0. The molecule has 3 aromatic carbocycles. The third kappa shape index (κ3) is 3.24. The predicted molar refractivity (Wildman–Crippen MR) is 125 cm³/mol. The van der Waals surface area contributed by atoms with Gasteiger partial charge in [-0.25, -0.2) is 0 Å². The number of benzene rings is 3. The van der Waals surface area contributed by atoms with Crippen molar-refractivity contribution in [3.8, 4) is 0 Å². The van der Waals surface area contributed by atoms with Gasteiger partial charge in [-0.1, -0.05) is 0 Å². The van der Waals surface area contributed by atoms with Crippen LogP contribution >= 0.6 is 26.3 Å². The molecule has 4 heteroatoms. The van der Waals surface area contributed by atoms with Crippen molar-refractivity contribution >= 4 is 48.2 Å². The number of rotatable bonds is 6. The van der Waals surface area contributed by atoms with Gasteiger partial charge in [-0.15, -0.1) is 0 Å². The van der Waals surface area contributed by atoms with E-state index in [2.05, 4.69) is 65.0 Å². The monoisotopic (exact) mass is 488 g/mol. The Morgan fingerprint density at radius 1 is 0.815 bits per heavy atom. The Morgan fingerprint density at radius 2 is 1.15 bits per heavy atom. The maximum absolute atomic E-state index is 12.2. The molecule has 0 aliphatic rings. The molecular formula is C23H22IO2P. The van der Waals surface area contributed by atoms with Gasteiger partial charge in [-0.2, -0.15) is 0 Å². The van der Waals surface area contributed by atoms with E-state index < -0.39 is 4.25 Å². The molecule has 0 aliphatic heterocycles. The number of hydrogen-bond donors (Lipinski definition) is 0. The predicted octanol–water partition coefficient (Wildman–Crippen LogP) is 4.94. The quantitative estimate of drug-likeness (QED) is 0.279. The average molecular weight is 488 g/mol. The third-order valence-corrected chi connectivity index (χ3v) is 17.1. The van der Waals surface area contributed by atoms with Gasteiger partial charge in [0.15, 0.2) is 0 Å². The van der Waals surface area contributed by atoms with E-state index in [1.54, 1.807) is 0 Å². The van der Waals surface area contributed by atoms with Crippen LogP contribution in [0.3, 0.4) is 0 Å². The molecule has 0 unspecified atom stereocenters. The summed E-state index contributed by atoms with van der Waals surface area (Å²) in [6.45, 7) is 4.47. The summed E-state index contributed by atoms with van der Waals surface area (Å²) < 4.78 is 1.84. The van der Waals surface area contributed by atoms with Crippen molar-refractivity contribution in [3.63, 3.8) is 0 Å². The summed E-state index contributed by atoms with van der Waals surface area (Å²) in [6, 6.07) is 31.2. The normalized spacial score (nSPS) is 12.6. The molecule has 0 fully saturated rings. The van der Waals surface area contributed by atoms with Crippen molar-refractivity contribution in [3.05, 3.63) is 103 Å². The zero-order chi connectivity index (χ0) is 19.4. The molecule has 3 rings (SSSR count). The summed E-state index contributed by atoms with van der Waals surface area (Å²) in [5, 5.41) is 4.42. The van der Waals surface area contributed by atoms with Crippen LogP contribution in [-0.4, -0.2) is 13.1 Å². The SMILES string of the molecule is C=C(CC(=O)OC)P(I)(c1ccccc1)(c1ccccc1)c1ccccc1. The van der Waals surface area contributed by atoms with Crippen molar-refractivity contribution in [1.29, 1.82) is 0 Å². The van der Waals surface area contributed by atoms with Gasteiger partial charge < -0.3 is 0 Å². The Morgan fingerprint density at radius 3 is 1.44 bits per heavy atom. The fourth-order valence-electron chi connectivity index (χ4n) is 3.51. The average Bonchev–Trinajstić information content (AvgIpc) is 2.75. The molecule has 0 bridgehead atoms. The molecule has 0 atom stereocenters. The van der Waals surface area contributed by atoms with Crippen LogP contribution in [0.4, 0.5) is 0 Å². The summed E-state index contributed by atoms with van der Waals surface area (Å²) in [7, 11) is 1.42. The van der Waals surface area contributed by atoms with Gasteiger partial charge in [0.2, 0.25) is 0 Å². The topological polar surface area (TPSA) is 26.3 Å². The van der Waals surface area contributed by atoms with Crippen LogP contribution < -0.4 is 15.9 Å². The summed E-state index contributed by atoms with van der Waals surface area (Å²) in [6.07, 6.45) is 0.177. The van der Waals surface area contributed by atoms with Gasteiger partial charge in [0, 0.05) is 0 Å². The van der Waals surface area contributed by atoms with Gasteiger partial charge in [0.1, 0.15) is 0 Å². The van der Waals surface area contributed by atoms with Gasteiger partial charge in [0.25, 0.3) is 0 Å². The van der Waals surface area contributed by atoms with Gasteiger partial charge in [-0.3, -0.25) is 0 Å². The first-order chi connectivity index (χ1) is 13.0. The van der Waals surface area contributed by atoms with Crippen LogP contribution in [0.5, 0.6) is 0 Å². The standard InChI is InChI=1S/C23H22IO2P/c1-19(18-23(25)26-2)27(24,20-12-6-3-7-13-20,21-14-8-4-9-15-21)22-16-10-5-11-17-22/h3-17H,1,18H2,2H3. The molecule has 0 spiro atoms. The molecule has 27 heavy (non-hydrogen) atoms. The first-order valence-corrected chi connectivity index (χ1v) is 13.7. The molecule has 0 saturated carbocycles. The molecule has 0 aromatic heterocycles. The maximum atomic E-state index is 12.2. The molecule has 0 radical (unpaired) electrons. The van der Waals surface area contributed by atoms with E-state index in [9.17, 15) is 4.79 Å². The minimum atomic E-state index is -3.15. The number of halogens is 1. The number of carbonyl (C=O) groups excluding carboxylic acids is 1. The van der Waals surface area contributed by atoms with Crippen LogP contribution in [0.2, 0.25) is 0 Å².